The molecule has 0 aliphatic heterocycles. The summed E-state index contributed by atoms with van der Waals surface area (Å²) in [6, 6.07) is 2.12. The van der Waals surface area contributed by atoms with Crippen molar-refractivity contribution in [3.05, 3.63) is 0 Å². The molecular formula is C46H104O9Si3. The quantitative estimate of drug-likeness (QED) is 0.0406. The van der Waals surface area contributed by atoms with Gasteiger partial charge in [-0.15, -0.1) is 0 Å². The monoisotopic (exact) mass is 885 g/mol. The Morgan fingerprint density at radius 2 is 0.483 bits per heavy atom. The van der Waals surface area contributed by atoms with Crippen LogP contribution in [0.25, 0.3) is 0 Å². The zero-order valence-corrected chi connectivity index (χ0v) is 43.5. The van der Waals surface area contributed by atoms with Crippen LogP contribution in [0.4, 0.5) is 0 Å². The third kappa shape index (κ3) is 45.8. The van der Waals surface area contributed by atoms with Gasteiger partial charge in [0.15, 0.2) is 0 Å². The molecular weight excluding hydrogens is 781 g/mol. The van der Waals surface area contributed by atoms with Crippen molar-refractivity contribution >= 4 is 26.4 Å². The van der Waals surface area contributed by atoms with Crippen LogP contribution in [-0.4, -0.2) is 81.4 Å². The van der Waals surface area contributed by atoms with Crippen LogP contribution in [0.1, 0.15) is 241 Å². The second-order valence-corrected chi connectivity index (χ2v) is 23.8. The van der Waals surface area contributed by atoms with Crippen LogP contribution in [0.3, 0.4) is 0 Å². The van der Waals surface area contributed by atoms with Gasteiger partial charge >= 0.3 is 26.4 Å². The number of unbranched alkanes of at least 4 members (excludes halogenated alkanes) is 27. The zero-order valence-electron chi connectivity index (χ0n) is 40.5. The third-order valence-corrected chi connectivity index (χ3v) is 17.7. The van der Waals surface area contributed by atoms with Crippen molar-refractivity contribution in [2.75, 3.05) is 40.6 Å². The van der Waals surface area contributed by atoms with E-state index < -0.39 is 26.4 Å². The summed E-state index contributed by atoms with van der Waals surface area (Å²) >= 11 is 0. The fraction of sp³-hybridized carbons (Fsp3) is 1.00. The summed E-state index contributed by atoms with van der Waals surface area (Å²) in [4.78, 5) is 26.4. The molecule has 0 aliphatic carbocycles. The van der Waals surface area contributed by atoms with E-state index in [0.717, 1.165) is 37.8 Å². The molecule has 9 nitrogen and oxygen atoms in total. The average molecular weight is 886 g/mol. The Labute approximate surface area is 365 Å². The van der Waals surface area contributed by atoms with Gasteiger partial charge in [0.05, 0.1) is 0 Å². The minimum atomic E-state index is -3.75. The summed E-state index contributed by atoms with van der Waals surface area (Å²) in [5, 5.41) is 0. The van der Waals surface area contributed by atoms with E-state index in [1.54, 1.807) is 14.2 Å². The molecule has 3 N–H and O–H groups in total. The maximum Gasteiger partial charge on any atom is 0.500 e. The first-order valence-corrected chi connectivity index (χ1v) is 30.8. The lowest BCUT2D eigenvalue weighted by Gasteiger charge is -2.28. The van der Waals surface area contributed by atoms with E-state index in [0.29, 0.717) is 26.4 Å². The minimum Gasteiger partial charge on any atom is -0.390 e. The van der Waals surface area contributed by atoms with Crippen molar-refractivity contribution in [1.29, 1.82) is 0 Å². The van der Waals surface area contributed by atoms with Crippen LogP contribution in [0, 0.1) is 0 Å². The van der Waals surface area contributed by atoms with Crippen LogP contribution >= 0.6 is 0 Å². The molecule has 0 aromatic heterocycles. The molecule has 0 rings (SSSR count). The Bertz CT molecular complexity index is 741. The highest BCUT2D eigenvalue weighted by atomic mass is 28.4. The Kier molecular flexibility index (Phi) is 52.1. The molecule has 12 heteroatoms. The SMILES string of the molecule is CCCCCCCCCCCC[Si](O)(O)O.CCCCCCCCCCCC[Si](OC)(OC)OCC.CCCCCCCCCCCC[Si](OCC)(OCC)OCC. The molecule has 354 valence electrons. The Balaban J connectivity index is -0.000000792. The summed E-state index contributed by atoms with van der Waals surface area (Å²) in [6.45, 7) is 17.6. The summed E-state index contributed by atoms with van der Waals surface area (Å²) in [6.07, 6.45) is 39.2. The molecule has 0 heterocycles. The molecule has 0 atom stereocenters. The van der Waals surface area contributed by atoms with Crippen molar-refractivity contribution in [2.24, 2.45) is 0 Å². The van der Waals surface area contributed by atoms with Gasteiger partial charge in [0.2, 0.25) is 0 Å². The molecule has 0 aromatic rings. The summed E-state index contributed by atoms with van der Waals surface area (Å²) < 4.78 is 34.4. The molecule has 0 radical (unpaired) electrons. The second-order valence-electron chi connectivity index (χ2n) is 16.1. The Morgan fingerprint density at radius 1 is 0.276 bits per heavy atom. The zero-order chi connectivity index (χ0) is 43.9. The lowest BCUT2D eigenvalue weighted by molar-refractivity contribution is 0.0706. The highest BCUT2D eigenvalue weighted by Gasteiger charge is 2.39. The Hall–Kier alpha value is 0.291. The molecule has 58 heavy (non-hydrogen) atoms. The van der Waals surface area contributed by atoms with Gasteiger partial charge in [-0.25, -0.2) is 0 Å². The molecule has 0 aliphatic rings. The minimum absolute atomic E-state index is 0.198. The van der Waals surface area contributed by atoms with Gasteiger partial charge in [0.1, 0.15) is 0 Å². The largest absolute Gasteiger partial charge is 0.500 e. The summed E-state index contributed by atoms with van der Waals surface area (Å²) in [5.74, 6) is 0. The van der Waals surface area contributed by atoms with Crippen LogP contribution in [0.15, 0.2) is 0 Å². The lowest BCUT2D eigenvalue weighted by Crippen LogP contribution is -2.45. The van der Waals surface area contributed by atoms with Crippen LogP contribution in [0.5, 0.6) is 0 Å². The smallest absolute Gasteiger partial charge is 0.390 e. The molecule has 0 aromatic carbocycles. The van der Waals surface area contributed by atoms with Crippen molar-refractivity contribution in [3.8, 4) is 0 Å². The third-order valence-electron chi connectivity index (χ3n) is 10.6. The first kappa shape index (κ1) is 62.6. The topological polar surface area (TPSA) is 116 Å². The maximum absolute atomic E-state index is 8.79. The standard InChI is InChI=1S/C18H40O3Si.C16H36O3Si.C12H28O3Si/c1-5-9-10-11-12-13-14-15-16-17-18-22(19-6-2,20-7-3)21-8-4;1-5-7-8-9-10-11-12-13-14-15-16-20(17-3,18-4)19-6-2;1-2-3-4-5-6-7-8-9-10-11-12-16(13,14)15/h5-18H2,1-4H3;5-16H2,1-4H3;13-15H,2-12H2,1H3. The first-order valence-electron chi connectivity index (χ1n) is 24.9. The second kappa shape index (κ2) is 48.3. The van der Waals surface area contributed by atoms with Crippen molar-refractivity contribution in [2.45, 2.75) is 259 Å². The highest BCUT2D eigenvalue weighted by Crippen LogP contribution is 2.22. The normalized spacial score (nSPS) is 12.0. The number of rotatable bonds is 43. The van der Waals surface area contributed by atoms with Gasteiger partial charge in [0, 0.05) is 58.8 Å². The maximum atomic E-state index is 8.79. The summed E-state index contributed by atoms with van der Waals surface area (Å²) in [5.41, 5.74) is 0. The van der Waals surface area contributed by atoms with E-state index in [2.05, 4.69) is 20.8 Å². The predicted molar refractivity (Wildman–Crippen MR) is 254 cm³/mol. The van der Waals surface area contributed by atoms with Crippen molar-refractivity contribution in [3.63, 3.8) is 0 Å². The van der Waals surface area contributed by atoms with E-state index in [9.17, 15) is 0 Å². The number of hydrogen-bond donors (Lipinski definition) is 3. The van der Waals surface area contributed by atoms with E-state index in [-0.39, 0.29) is 6.04 Å². The summed E-state index contributed by atoms with van der Waals surface area (Å²) in [7, 11) is -5.05. The van der Waals surface area contributed by atoms with E-state index in [1.165, 1.54) is 167 Å². The van der Waals surface area contributed by atoms with Crippen molar-refractivity contribution < 1.29 is 40.9 Å². The van der Waals surface area contributed by atoms with Gasteiger partial charge in [-0.05, 0) is 47.0 Å². The van der Waals surface area contributed by atoms with Gasteiger partial charge in [0.25, 0.3) is 0 Å². The van der Waals surface area contributed by atoms with Crippen LogP contribution in [-0.2, 0) is 26.6 Å². The first-order chi connectivity index (χ1) is 28.0. The van der Waals surface area contributed by atoms with Crippen LogP contribution < -0.4 is 0 Å². The lowest BCUT2D eigenvalue weighted by atomic mass is 10.1. The van der Waals surface area contributed by atoms with E-state index >= 15 is 0 Å². The molecule has 0 saturated carbocycles. The van der Waals surface area contributed by atoms with Gasteiger partial charge in [-0.3, -0.25) is 0 Å². The molecule has 0 fully saturated rings. The fourth-order valence-corrected chi connectivity index (χ4v) is 12.7. The average Bonchev–Trinajstić information content (AvgIpc) is 3.20. The van der Waals surface area contributed by atoms with E-state index in [4.69, 9.17) is 40.9 Å². The molecule has 0 saturated heterocycles. The van der Waals surface area contributed by atoms with Gasteiger partial charge in [-0.1, -0.05) is 194 Å². The predicted octanol–water partition coefficient (Wildman–Crippen LogP) is 14.0. The molecule has 0 spiro atoms. The van der Waals surface area contributed by atoms with E-state index in [1.807, 2.05) is 27.7 Å². The fourth-order valence-electron chi connectivity index (χ4n) is 7.21. The molecule has 0 amide bonds. The molecule has 0 bridgehead atoms. The van der Waals surface area contributed by atoms with Crippen LogP contribution in [0.2, 0.25) is 18.1 Å². The van der Waals surface area contributed by atoms with Gasteiger partial charge < -0.3 is 40.9 Å². The van der Waals surface area contributed by atoms with Gasteiger partial charge in [-0.2, -0.15) is 0 Å². The molecule has 0 unspecified atom stereocenters. The highest BCUT2D eigenvalue weighted by molar-refractivity contribution is 6.61. The van der Waals surface area contributed by atoms with Crippen molar-refractivity contribution in [1.82, 2.24) is 0 Å². The Morgan fingerprint density at radius 3 is 0.707 bits per heavy atom. The number of hydrogen-bond acceptors (Lipinski definition) is 9.